The lowest BCUT2D eigenvalue weighted by atomic mass is 9.86. The molecule has 1 N–H and O–H groups in total. The summed E-state index contributed by atoms with van der Waals surface area (Å²) in [7, 11) is 0. The van der Waals surface area contributed by atoms with Crippen LogP contribution in [0.4, 0.5) is 4.39 Å². The van der Waals surface area contributed by atoms with Crippen molar-refractivity contribution in [2.75, 3.05) is 13.1 Å². The number of benzene rings is 1. The van der Waals surface area contributed by atoms with Crippen LogP contribution in [0.5, 0.6) is 0 Å². The van der Waals surface area contributed by atoms with Crippen LogP contribution in [-0.2, 0) is 6.42 Å². The van der Waals surface area contributed by atoms with E-state index in [1.165, 1.54) is 12.1 Å². The average molecular weight is 270 g/mol. The highest BCUT2D eigenvalue weighted by Gasteiger charge is 2.47. The molecule has 2 heterocycles. The van der Waals surface area contributed by atoms with Crippen molar-refractivity contribution >= 4 is 11.6 Å². The van der Waals surface area contributed by atoms with Gasteiger partial charge in [0.15, 0.2) is 0 Å². The van der Waals surface area contributed by atoms with Crippen molar-refractivity contribution in [3.63, 3.8) is 0 Å². The normalized spacial score (nSPS) is 31.8. The minimum Gasteiger partial charge on any atom is -0.388 e. The number of halogens is 2. The molecule has 2 unspecified atom stereocenters. The standard InChI is InChI=1S/C14H17ClFNO/c15-12-4-3-11(16)8-10(12)9-14(18)5-7-17-6-1-2-13(14)17/h3-4,8,13,18H,1-2,5-7,9H2. The fourth-order valence-electron chi connectivity index (χ4n) is 3.42. The molecular formula is C14H17ClFNO. The molecule has 0 radical (unpaired) electrons. The van der Waals surface area contributed by atoms with Crippen LogP contribution in [0, 0.1) is 5.82 Å². The Hall–Kier alpha value is -0.640. The maximum Gasteiger partial charge on any atom is 0.123 e. The summed E-state index contributed by atoms with van der Waals surface area (Å²) in [4.78, 5) is 2.34. The molecule has 2 saturated heterocycles. The van der Waals surface area contributed by atoms with E-state index in [4.69, 9.17) is 11.6 Å². The van der Waals surface area contributed by atoms with Crippen LogP contribution in [-0.4, -0.2) is 34.7 Å². The van der Waals surface area contributed by atoms with Crippen LogP contribution >= 0.6 is 11.6 Å². The minimum atomic E-state index is -0.742. The largest absolute Gasteiger partial charge is 0.388 e. The van der Waals surface area contributed by atoms with E-state index in [2.05, 4.69) is 4.90 Å². The number of hydrogen-bond donors (Lipinski definition) is 1. The Morgan fingerprint density at radius 3 is 3.11 bits per heavy atom. The molecule has 2 atom stereocenters. The monoisotopic (exact) mass is 269 g/mol. The highest BCUT2D eigenvalue weighted by Crippen LogP contribution is 2.39. The van der Waals surface area contributed by atoms with Crippen molar-refractivity contribution in [2.45, 2.75) is 37.3 Å². The van der Waals surface area contributed by atoms with Gasteiger partial charge in [0.05, 0.1) is 5.60 Å². The second-order valence-corrected chi connectivity index (χ2v) is 5.87. The van der Waals surface area contributed by atoms with E-state index in [0.29, 0.717) is 17.0 Å². The highest BCUT2D eigenvalue weighted by molar-refractivity contribution is 6.31. The van der Waals surface area contributed by atoms with E-state index in [1.54, 1.807) is 6.07 Å². The topological polar surface area (TPSA) is 23.5 Å². The molecule has 0 aliphatic carbocycles. The van der Waals surface area contributed by atoms with Gasteiger partial charge in [-0.25, -0.2) is 4.39 Å². The molecule has 0 saturated carbocycles. The van der Waals surface area contributed by atoms with Crippen molar-refractivity contribution in [1.82, 2.24) is 4.90 Å². The van der Waals surface area contributed by atoms with Gasteiger partial charge in [0.2, 0.25) is 0 Å². The Balaban J connectivity index is 1.85. The van der Waals surface area contributed by atoms with E-state index >= 15 is 0 Å². The molecule has 98 valence electrons. The third-order valence-corrected chi connectivity index (χ3v) is 4.69. The fraction of sp³-hybridized carbons (Fsp3) is 0.571. The molecule has 0 bridgehead atoms. The summed E-state index contributed by atoms with van der Waals surface area (Å²) in [6, 6.07) is 4.58. The van der Waals surface area contributed by atoms with Gasteiger partial charge in [-0.3, -0.25) is 4.90 Å². The third kappa shape index (κ3) is 2.04. The molecule has 2 fully saturated rings. The molecule has 0 aromatic heterocycles. The molecule has 2 aliphatic heterocycles. The molecule has 18 heavy (non-hydrogen) atoms. The van der Waals surface area contributed by atoms with Crippen LogP contribution in [0.3, 0.4) is 0 Å². The second kappa shape index (κ2) is 4.48. The maximum atomic E-state index is 13.3. The first-order valence-corrected chi connectivity index (χ1v) is 6.87. The summed E-state index contributed by atoms with van der Waals surface area (Å²) in [6.45, 7) is 2.01. The van der Waals surface area contributed by atoms with E-state index in [-0.39, 0.29) is 11.9 Å². The molecule has 3 rings (SSSR count). The fourth-order valence-corrected chi connectivity index (χ4v) is 3.61. The van der Waals surface area contributed by atoms with Crippen molar-refractivity contribution in [1.29, 1.82) is 0 Å². The minimum absolute atomic E-state index is 0.219. The Morgan fingerprint density at radius 2 is 2.28 bits per heavy atom. The molecule has 1 aromatic carbocycles. The molecule has 0 amide bonds. The van der Waals surface area contributed by atoms with Gasteiger partial charge in [-0.2, -0.15) is 0 Å². The van der Waals surface area contributed by atoms with Gasteiger partial charge in [0.1, 0.15) is 5.82 Å². The van der Waals surface area contributed by atoms with Gasteiger partial charge in [-0.05, 0) is 49.6 Å². The van der Waals surface area contributed by atoms with Crippen LogP contribution < -0.4 is 0 Å². The number of aliphatic hydroxyl groups is 1. The summed E-state index contributed by atoms with van der Waals surface area (Å²) >= 11 is 6.09. The number of hydrogen-bond acceptors (Lipinski definition) is 2. The first kappa shape index (κ1) is 12.4. The molecule has 2 nitrogen and oxygen atoms in total. The van der Waals surface area contributed by atoms with E-state index in [9.17, 15) is 9.50 Å². The molecule has 4 heteroatoms. The SMILES string of the molecule is OC1(Cc2cc(F)ccc2Cl)CCN2CCCC21. The van der Waals surface area contributed by atoms with Crippen molar-refractivity contribution in [3.8, 4) is 0 Å². The van der Waals surface area contributed by atoms with Gasteiger partial charge in [-0.1, -0.05) is 11.6 Å². The van der Waals surface area contributed by atoms with Crippen molar-refractivity contribution in [3.05, 3.63) is 34.6 Å². The van der Waals surface area contributed by atoms with E-state index in [1.807, 2.05) is 0 Å². The van der Waals surface area contributed by atoms with Crippen LogP contribution in [0.25, 0.3) is 0 Å². The predicted octanol–water partition coefficient (Wildman–Crippen LogP) is 2.62. The van der Waals surface area contributed by atoms with E-state index < -0.39 is 5.60 Å². The van der Waals surface area contributed by atoms with Gasteiger partial charge >= 0.3 is 0 Å². The zero-order chi connectivity index (χ0) is 12.8. The zero-order valence-electron chi connectivity index (χ0n) is 10.2. The van der Waals surface area contributed by atoms with Gasteiger partial charge < -0.3 is 5.11 Å². The summed E-state index contributed by atoms with van der Waals surface area (Å²) in [5, 5.41) is 11.4. The van der Waals surface area contributed by atoms with Crippen LogP contribution in [0.2, 0.25) is 5.02 Å². The number of nitrogens with zero attached hydrogens (tertiary/aromatic N) is 1. The first-order valence-electron chi connectivity index (χ1n) is 6.49. The highest BCUT2D eigenvalue weighted by atomic mass is 35.5. The summed E-state index contributed by atoms with van der Waals surface area (Å²) in [5.41, 5.74) is -0.0265. The van der Waals surface area contributed by atoms with Gasteiger partial charge in [0, 0.05) is 24.0 Å². The van der Waals surface area contributed by atoms with Gasteiger partial charge in [0.25, 0.3) is 0 Å². The molecule has 1 aromatic rings. The zero-order valence-corrected chi connectivity index (χ0v) is 11.0. The predicted molar refractivity (Wildman–Crippen MR) is 69.3 cm³/mol. The summed E-state index contributed by atoms with van der Waals surface area (Å²) in [6.07, 6.45) is 3.38. The Morgan fingerprint density at radius 1 is 1.44 bits per heavy atom. The first-order chi connectivity index (χ1) is 8.58. The molecular weight excluding hydrogens is 253 g/mol. The number of fused-ring (bicyclic) bond motifs is 1. The third-order valence-electron chi connectivity index (χ3n) is 4.32. The number of rotatable bonds is 2. The second-order valence-electron chi connectivity index (χ2n) is 5.46. The Bertz CT molecular complexity index is 467. The van der Waals surface area contributed by atoms with Crippen molar-refractivity contribution < 1.29 is 9.50 Å². The lowest BCUT2D eigenvalue weighted by molar-refractivity contribution is 0.0140. The lowest BCUT2D eigenvalue weighted by Crippen LogP contribution is -2.43. The Labute approximate surface area is 111 Å². The average Bonchev–Trinajstić information content (AvgIpc) is 2.89. The quantitative estimate of drug-likeness (QED) is 0.892. The van der Waals surface area contributed by atoms with Crippen LogP contribution in [0.15, 0.2) is 18.2 Å². The Kier molecular flexibility index (Phi) is 3.08. The molecule has 0 spiro atoms. The van der Waals surface area contributed by atoms with Crippen molar-refractivity contribution in [2.24, 2.45) is 0 Å². The lowest BCUT2D eigenvalue weighted by Gasteiger charge is -2.30. The summed E-state index contributed by atoms with van der Waals surface area (Å²) < 4.78 is 13.3. The maximum absolute atomic E-state index is 13.3. The molecule has 2 aliphatic rings. The van der Waals surface area contributed by atoms with Crippen LogP contribution in [0.1, 0.15) is 24.8 Å². The summed E-state index contributed by atoms with van der Waals surface area (Å²) in [5.74, 6) is -0.292. The van der Waals surface area contributed by atoms with E-state index in [0.717, 1.165) is 32.4 Å². The smallest absolute Gasteiger partial charge is 0.123 e. The van der Waals surface area contributed by atoms with Gasteiger partial charge in [-0.15, -0.1) is 0 Å².